The van der Waals surface area contributed by atoms with E-state index in [1.807, 2.05) is 0 Å². The van der Waals surface area contributed by atoms with Gasteiger partial charge in [-0.25, -0.2) is 4.98 Å². The second-order valence-electron chi connectivity index (χ2n) is 4.33. The summed E-state index contributed by atoms with van der Waals surface area (Å²) in [6.07, 6.45) is 1.94. The topological polar surface area (TPSA) is 89.4 Å². The molecule has 0 saturated heterocycles. The molecule has 2 rings (SSSR count). The van der Waals surface area contributed by atoms with E-state index in [1.165, 1.54) is 0 Å². The Labute approximate surface area is 121 Å². The molecule has 6 heteroatoms. The molecule has 0 spiro atoms. The molecule has 0 aromatic carbocycles. The van der Waals surface area contributed by atoms with Crippen LogP contribution in [0.5, 0.6) is 5.88 Å². The largest absolute Gasteiger partial charge is 0.481 e. The van der Waals surface area contributed by atoms with Crippen molar-refractivity contribution in [2.75, 3.05) is 0 Å². The fourth-order valence-corrected chi connectivity index (χ4v) is 1.69. The Bertz CT molecular complexity index is 629. The lowest BCUT2D eigenvalue weighted by atomic mass is 10.2. The number of carbonyl (C=O) groups is 2. The first-order valence-electron chi connectivity index (χ1n) is 6.42. The van der Waals surface area contributed by atoms with Crippen molar-refractivity contribution >= 4 is 11.9 Å². The van der Waals surface area contributed by atoms with E-state index >= 15 is 0 Å². The van der Waals surface area contributed by atoms with E-state index in [-0.39, 0.29) is 18.7 Å². The number of carboxylic acid groups (broad SMARTS) is 1. The van der Waals surface area contributed by atoms with E-state index in [2.05, 4.69) is 9.97 Å². The van der Waals surface area contributed by atoms with Crippen LogP contribution in [0.4, 0.5) is 0 Å². The highest BCUT2D eigenvalue weighted by Gasteiger charge is 2.09. The second-order valence-corrected chi connectivity index (χ2v) is 4.33. The summed E-state index contributed by atoms with van der Waals surface area (Å²) in [6, 6.07) is 10.2. The third-order valence-corrected chi connectivity index (χ3v) is 2.65. The van der Waals surface area contributed by atoms with Crippen LogP contribution in [0.1, 0.15) is 17.8 Å². The van der Waals surface area contributed by atoms with Gasteiger partial charge in [-0.15, -0.1) is 0 Å². The zero-order valence-corrected chi connectivity index (χ0v) is 11.2. The predicted molar refractivity (Wildman–Crippen MR) is 73.8 cm³/mol. The lowest BCUT2D eigenvalue weighted by molar-refractivity contribution is -0.137. The molecule has 0 atom stereocenters. The Balaban J connectivity index is 1.94. The average molecular weight is 286 g/mol. The minimum atomic E-state index is -0.894. The Morgan fingerprint density at radius 3 is 2.62 bits per heavy atom. The number of carboxylic acids is 1. The van der Waals surface area contributed by atoms with Crippen LogP contribution in [0, 0.1) is 0 Å². The minimum Gasteiger partial charge on any atom is -0.481 e. The molecule has 1 N–H and O–H groups in total. The predicted octanol–water partition coefficient (Wildman–Crippen LogP) is 1.64. The first kappa shape index (κ1) is 14.6. The van der Waals surface area contributed by atoms with Gasteiger partial charge in [0.15, 0.2) is 0 Å². The van der Waals surface area contributed by atoms with Crippen LogP contribution in [-0.4, -0.2) is 27.0 Å². The molecular formula is C15H14N2O4. The van der Waals surface area contributed by atoms with Crippen molar-refractivity contribution in [3.05, 3.63) is 54.0 Å². The molecule has 0 fully saturated rings. The molecule has 0 unspecified atom stereocenters. The summed E-state index contributed by atoms with van der Waals surface area (Å²) in [7, 11) is 0. The Kier molecular flexibility index (Phi) is 4.98. The average Bonchev–Trinajstić information content (AvgIpc) is 2.46. The van der Waals surface area contributed by atoms with E-state index < -0.39 is 11.9 Å². The van der Waals surface area contributed by atoms with Gasteiger partial charge in [0, 0.05) is 24.4 Å². The van der Waals surface area contributed by atoms with Gasteiger partial charge in [-0.3, -0.25) is 14.6 Å². The number of rotatable bonds is 6. The van der Waals surface area contributed by atoms with Crippen LogP contribution in [0.2, 0.25) is 0 Å². The highest BCUT2D eigenvalue weighted by atomic mass is 16.5. The number of hydrogen-bond donors (Lipinski definition) is 1. The molecular weight excluding hydrogens is 272 g/mol. The maximum absolute atomic E-state index is 11.8. The van der Waals surface area contributed by atoms with E-state index in [0.717, 1.165) is 0 Å². The van der Waals surface area contributed by atoms with Gasteiger partial charge in [-0.1, -0.05) is 12.1 Å². The molecule has 21 heavy (non-hydrogen) atoms. The maximum atomic E-state index is 11.8. The molecule has 0 aliphatic carbocycles. The minimum absolute atomic E-state index is 0.0155. The standard InChI is InChI=1S/C15H14N2O4/c18-14(19)8-7-11-5-3-6-13(17-11)21-15(20)10-12-4-1-2-9-16-12/h1-6,9H,7-8,10H2,(H,18,19). The molecule has 108 valence electrons. The number of aromatic nitrogens is 2. The number of aliphatic carboxylic acids is 1. The summed E-state index contributed by atoms with van der Waals surface area (Å²) < 4.78 is 5.13. The van der Waals surface area contributed by atoms with Crippen molar-refractivity contribution in [1.82, 2.24) is 9.97 Å². The first-order valence-corrected chi connectivity index (χ1v) is 6.42. The highest BCUT2D eigenvalue weighted by Crippen LogP contribution is 2.10. The summed E-state index contributed by atoms with van der Waals surface area (Å²) in [6.45, 7) is 0. The van der Waals surface area contributed by atoms with Crippen molar-refractivity contribution in [2.24, 2.45) is 0 Å². The van der Waals surface area contributed by atoms with Crippen molar-refractivity contribution in [3.63, 3.8) is 0 Å². The quantitative estimate of drug-likeness (QED) is 0.812. The number of carbonyl (C=O) groups excluding carboxylic acids is 1. The Morgan fingerprint density at radius 2 is 1.90 bits per heavy atom. The molecule has 2 heterocycles. The lowest BCUT2D eigenvalue weighted by Crippen LogP contribution is -2.13. The monoisotopic (exact) mass is 286 g/mol. The number of esters is 1. The van der Waals surface area contributed by atoms with Crippen LogP contribution in [0.3, 0.4) is 0 Å². The molecule has 2 aromatic rings. The smallest absolute Gasteiger partial charge is 0.318 e. The van der Waals surface area contributed by atoms with E-state index in [0.29, 0.717) is 17.8 Å². The zero-order chi connectivity index (χ0) is 15.1. The fourth-order valence-electron chi connectivity index (χ4n) is 1.69. The summed E-state index contributed by atoms with van der Waals surface area (Å²) in [5.41, 5.74) is 1.19. The molecule has 0 bridgehead atoms. The molecule has 2 aromatic heterocycles. The Morgan fingerprint density at radius 1 is 1.10 bits per heavy atom. The Hall–Kier alpha value is -2.76. The van der Waals surface area contributed by atoms with Gasteiger partial charge < -0.3 is 9.84 Å². The van der Waals surface area contributed by atoms with E-state index in [9.17, 15) is 9.59 Å². The van der Waals surface area contributed by atoms with Gasteiger partial charge in [-0.2, -0.15) is 0 Å². The van der Waals surface area contributed by atoms with Gasteiger partial charge in [0.05, 0.1) is 18.5 Å². The number of nitrogens with zero attached hydrogens (tertiary/aromatic N) is 2. The van der Waals surface area contributed by atoms with Crippen LogP contribution in [0.25, 0.3) is 0 Å². The number of aryl methyl sites for hydroxylation is 1. The first-order chi connectivity index (χ1) is 10.1. The number of hydrogen-bond acceptors (Lipinski definition) is 5. The normalized spacial score (nSPS) is 10.1. The van der Waals surface area contributed by atoms with E-state index in [4.69, 9.17) is 9.84 Å². The van der Waals surface area contributed by atoms with Crippen molar-refractivity contribution < 1.29 is 19.4 Å². The van der Waals surface area contributed by atoms with Crippen molar-refractivity contribution in [2.45, 2.75) is 19.3 Å². The SMILES string of the molecule is O=C(O)CCc1cccc(OC(=O)Cc2ccccn2)n1. The van der Waals surface area contributed by atoms with Gasteiger partial charge in [0.1, 0.15) is 0 Å². The molecule has 0 radical (unpaired) electrons. The molecule has 0 amide bonds. The fraction of sp³-hybridized carbons (Fsp3) is 0.200. The number of pyridine rings is 2. The van der Waals surface area contributed by atoms with Crippen LogP contribution in [-0.2, 0) is 22.4 Å². The summed E-state index contributed by atoms with van der Waals surface area (Å²) in [5.74, 6) is -1.19. The third-order valence-electron chi connectivity index (χ3n) is 2.65. The molecule has 0 saturated carbocycles. The highest BCUT2D eigenvalue weighted by molar-refractivity contribution is 5.74. The van der Waals surface area contributed by atoms with Crippen molar-refractivity contribution in [1.29, 1.82) is 0 Å². The zero-order valence-electron chi connectivity index (χ0n) is 11.2. The molecule has 0 aliphatic heterocycles. The van der Waals surface area contributed by atoms with Crippen LogP contribution >= 0.6 is 0 Å². The number of ether oxygens (including phenoxy) is 1. The van der Waals surface area contributed by atoms with Gasteiger partial charge >= 0.3 is 11.9 Å². The van der Waals surface area contributed by atoms with Gasteiger partial charge in [0.2, 0.25) is 5.88 Å². The third kappa shape index (κ3) is 5.02. The maximum Gasteiger partial charge on any atom is 0.318 e. The molecule has 6 nitrogen and oxygen atoms in total. The molecule has 0 aliphatic rings. The van der Waals surface area contributed by atoms with Gasteiger partial charge in [0.25, 0.3) is 0 Å². The van der Waals surface area contributed by atoms with Crippen LogP contribution < -0.4 is 4.74 Å². The second kappa shape index (κ2) is 7.14. The summed E-state index contributed by atoms with van der Waals surface area (Å²) in [5, 5.41) is 8.63. The summed E-state index contributed by atoms with van der Waals surface area (Å²) in [4.78, 5) is 30.4. The summed E-state index contributed by atoms with van der Waals surface area (Å²) >= 11 is 0. The van der Waals surface area contributed by atoms with Crippen molar-refractivity contribution in [3.8, 4) is 5.88 Å². The lowest BCUT2D eigenvalue weighted by Gasteiger charge is -2.05. The van der Waals surface area contributed by atoms with E-state index in [1.54, 1.807) is 42.6 Å². The van der Waals surface area contributed by atoms with Crippen LogP contribution in [0.15, 0.2) is 42.6 Å². The van der Waals surface area contributed by atoms with Gasteiger partial charge in [-0.05, 0) is 18.2 Å².